The van der Waals surface area contributed by atoms with Gasteiger partial charge in [-0.3, -0.25) is 0 Å². The molecule has 2 N–H and O–H groups in total. The second kappa shape index (κ2) is 6.38. The third-order valence-electron chi connectivity index (χ3n) is 4.18. The first kappa shape index (κ1) is 16.0. The van der Waals surface area contributed by atoms with Gasteiger partial charge in [-0.1, -0.05) is 34.6 Å². The molecule has 0 radical (unpaired) electrons. The van der Waals surface area contributed by atoms with Crippen LogP contribution in [0.5, 0.6) is 0 Å². The number of hydrogen-bond donors (Lipinski definition) is 1. The van der Waals surface area contributed by atoms with E-state index in [1.54, 1.807) is 0 Å². The van der Waals surface area contributed by atoms with Gasteiger partial charge in [0.1, 0.15) is 0 Å². The van der Waals surface area contributed by atoms with Crippen molar-refractivity contribution in [3.63, 3.8) is 0 Å². The van der Waals surface area contributed by atoms with E-state index >= 15 is 0 Å². The lowest BCUT2D eigenvalue weighted by atomic mass is 9.84. The maximum atomic E-state index is 5.96. The first-order valence-corrected chi connectivity index (χ1v) is 7.64. The van der Waals surface area contributed by atoms with Crippen molar-refractivity contribution in [1.29, 1.82) is 0 Å². The highest BCUT2D eigenvalue weighted by Crippen LogP contribution is 2.31. The van der Waals surface area contributed by atoms with Gasteiger partial charge in [0.05, 0.1) is 0 Å². The standard InChI is InChI=1S/C16H34N2/c1-15(2,3)11-14(12-17)13-18-9-6-7-16(4,5)8-10-18/h14H,6-13,17H2,1-5H3. The summed E-state index contributed by atoms with van der Waals surface area (Å²) < 4.78 is 0. The molecule has 1 fully saturated rings. The molecule has 2 nitrogen and oxygen atoms in total. The maximum Gasteiger partial charge on any atom is 0.00219 e. The molecule has 18 heavy (non-hydrogen) atoms. The molecule has 0 aromatic heterocycles. The minimum Gasteiger partial charge on any atom is -0.330 e. The fraction of sp³-hybridized carbons (Fsp3) is 1.00. The van der Waals surface area contributed by atoms with Crippen LogP contribution in [0.25, 0.3) is 0 Å². The van der Waals surface area contributed by atoms with E-state index in [2.05, 4.69) is 39.5 Å². The number of rotatable bonds is 4. The molecule has 1 unspecified atom stereocenters. The van der Waals surface area contributed by atoms with Gasteiger partial charge in [0, 0.05) is 6.54 Å². The second-order valence-electron chi connectivity index (χ2n) is 8.18. The van der Waals surface area contributed by atoms with Gasteiger partial charge in [0.15, 0.2) is 0 Å². The predicted molar refractivity (Wildman–Crippen MR) is 80.7 cm³/mol. The van der Waals surface area contributed by atoms with Crippen molar-refractivity contribution >= 4 is 0 Å². The second-order valence-corrected chi connectivity index (χ2v) is 8.18. The Balaban J connectivity index is 2.45. The van der Waals surface area contributed by atoms with Crippen molar-refractivity contribution in [1.82, 2.24) is 4.90 Å². The molecule has 0 bridgehead atoms. The molecule has 1 atom stereocenters. The number of nitrogens with two attached hydrogens (primary N) is 1. The SMILES string of the molecule is CC(C)(C)CC(CN)CN1CCCC(C)(C)CC1. The van der Waals surface area contributed by atoms with Crippen LogP contribution in [0, 0.1) is 16.7 Å². The van der Waals surface area contributed by atoms with Crippen molar-refractivity contribution in [2.45, 2.75) is 60.3 Å². The lowest BCUT2D eigenvalue weighted by Gasteiger charge is -2.30. The van der Waals surface area contributed by atoms with Crippen LogP contribution < -0.4 is 5.73 Å². The number of hydrogen-bond acceptors (Lipinski definition) is 2. The van der Waals surface area contributed by atoms with Crippen molar-refractivity contribution in [3.8, 4) is 0 Å². The van der Waals surface area contributed by atoms with Gasteiger partial charge < -0.3 is 10.6 Å². The van der Waals surface area contributed by atoms with Gasteiger partial charge in [-0.05, 0) is 62.1 Å². The summed E-state index contributed by atoms with van der Waals surface area (Å²) >= 11 is 0. The summed E-state index contributed by atoms with van der Waals surface area (Å²) in [6.07, 6.45) is 5.29. The quantitative estimate of drug-likeness (QED) is 0.832. The molecule has 1 rings (SSSR count). The van der Waals surface area contributed by atoms with E-state index in [1.165, 1.54) is 45.3 Å². The summed E-state index contributed by atoms with van der Waals surface area (Å²) in [6.45, 7) is 16.3. The van der Waals surface area contributed by atoms with Crippen LogP contribution in [0.2, 0.25) is 0 Å². The largest absolute Gasteiger partial charge is 0.330 e. The first-order chi connectivity index (χ1) is 8.22. The Morgan fingerprint density at radius 1 is 1.17 bits per heavy atom. The number of nitrogens with zero attached hydrogens (tertiary/aromatic N) is 1. The lowest BCUT2D eigenvalue weighted by Crippen LogP contribution is -2.35. The highest BCUT2D eigenvalue weighted by molar-refractivity contribution is 4.79. The molecule has 1 aliphatic heterocycles. The molecule has 108 valence electrons. The van der Waals surface area contributed by atoms with Crippen LogP contribution in [-0.2, 0) is 0 Å². The molecule has 0 spiro atoms. The highest BCUT2D eigenvalue weighted by atomic mass is 15.1. The van der Waals surface area contributed by atoms with Crippen LogP contribution in [0.4, 0.5) is 0 Å². The molecule has 0 aliphatic carbocycles. The van der Waals surface area contributed by atoms with Crippen molar-refractivity contribution in [3.05, 3.63) is 0 Å². The lowest BCUT2D eigenvalue weighted by molar-refractivity contribution is 0.193. The van der Waals surface area contributed by atoms with Crippen LogP contribution in [0.15, 0.2) is 0 Å². The predicted octanol–water partition coefficient (Wildman–Crippen LogP) is 3.51. The minimum absolute atomic E-state index is 0.398. The van der Waals surface area contributed by atoms with Gasteiger partial charge in [-0.25, -0.2) is 0 Å². The molecule has 0 saturated carbocycles. The average Bonchev–Trinajstić information content (AvgIpc) is 2.37. The zero-order valence-corrected chi connectivity index (χ0v) is 13.3. The fourth-order valence-corrected chi connectivity index (χ4v) is 3.11. The molecule has 2 heteroatoms. The summed E-state index contributed by atoms with van der Waals surface area (Å²) in [7, 11) is 0. The number of likely N-dealkylation sites (tertiary alicyclic amines) is 1. The van der Waals surface area contributed by atoms with Crippen molar-refractivity contribution in [2.75, 3.05) is 26.2 Å². The Morgan fingerprint density at radius 3 is 2.39 bits per heavy atom. The van der Waals surface area contributed by atoms with E-state index < -0.39 is 0 Å². The van der Waals surface area contributed by atoms with E-state index in [1.807, 2.05) is 0 Å². The topological polar surface area (TPSA) is 29.3 Å². The summed E-state index contributed by atoms with van der Waals surface area (Å²) in [4.78, 5) is 2.65. The molecule has 0 aromatic rings. The third kappa shape index (κ3) is 6.19. The van der Waals surface area contributed by atoms with Crippen LogP contribution in [0.1, 0.15) is 60.3 Å². The first-order valence-electron chi connectivity index (χ1n) is 7.64. The fourth-order valence-electron chi connectivity index (χ4n) is 3.11. The summed E-state index contributed by atoms with van der Waals surface area (Å²) in [5, 5.41) is 0. The van der Waals surface area contributed by atoms with Gasteiger partial charge in [0.25, 0.3) is 0 Å². The molecule has 0 aromatic carbocycles. The van der Waals surface area contributed by atoms with E-state index in [4.69, 9.17) is 5.73 Å². The van der Waals surface area contributed by atoms with Crippen LogP contribution in [0.3, 0.4) is 0 Å². The van der Waals surface area contributed by atoms with E-state index in [0.29, 0.717) is 16.7 Å². The van der Waals surface area contributed by atoms with Gasteiger partial charge in [0.2, 0.25) is 0 Å². The Hall–Kier alpha value is -0.0800. The van der Waals surface area contributed by atoms with Gasteiger partial charge in [-0.2, -0.15) is 0 Å². The Morgan fingerprint density at radius 2 is 1.83 bits per heavy atom. The van der Waals surface area contributed by atoms with Crippen molar-refractivity contribution in [2.24, 2.45) is 22.5 Å². The average molecular weight is 254 g/mol. The molecule has 1 aliphatic rings. The third-order valence-corrected chi connectivity index (χ3v) is 4.18. The maximum absolute atomic E-state index is 5.96. The van der Waals surface area contributed by atoms with E-state index in [9.17, 15) is 0 Å². The zero-order chi connectivity index (χ0) is 13.8. The molecule has 1 saturated heterocycles. The Labute approximate surface area is 114 Å². The molecule has 1 heterocycles. The van der Waals surface area contributed by atoms with E-state index in [0.717, 1.165) is 6.54 Å². The summed E-state index contributed by atoms with van der Waals surface area (Å²) in [5.41, 5.74) is 6.90. The highest BCUT2D eigenvalue weighted by Gasteiger charge is 2.25. The minimum atomic E-state index is 0.398. The molecular weight excluding hydrogens is 220 g/mol. The molecule has 0 amide bonds. The summed E-state index contributed by atoms with van der Waals surface area (Å²) in [6, 6.07) is 0. The van der Waals surface area contributed by atoms with Gasteiger partial charge >= 0.3 is 0 Å². The Bertz CT molecular complexity index is 240. The van der Waals surface area contributed by atoms with Crippen LogP contribution in [-0.4, -0.2) is 31.1 Å². The normalized spacial score (nSPS) is 23.7. The summed E-state index contributed by atoms with van der Waals surface area (Å²) in [5.74, 6) is 0.659. The monoisotopic (exact) mass is 254 g/mol. The Kier molecular flexibility index (Phi) is 5.67. The van der Waals surface area contributed by atoms with Crippen LogP contribution >= 0.6 is 0 Å². The molecular formula is C16H34N2. The van der Waals surface area contributed by atoms with Crippen molar-refractivity contribution < 1.29 is 0 Å². The van der Waals surface area contributed by atoms with Gasteiger partial charge in [-0.15, -0.1) is 0 Å². The van der Waals surface area contributed by atoms with E-state index in [-0.39, 0.29) is 0 Å². The zero-order valence-electron chi connectivity index (χ0n) is 13.3. The smallest absolute Gasteiger partial charge is 0.00219 e.